The van der Waals surface area contributed by atoms with E-state index in [4.69, 9.17) is 4.74 Å². The van der Waals surface area contributed by atoms with Gasteiger partial charge in [-0.3, -0.25) is 0 Å². The van der Waals surface area contributed by atoms with Crippen LogP contribution in [0.25, 0.3) is 0 Å². The summed E-state index contributed by atoms with van der Waals surface area (Å²) in [4.78, 5) is 0. The summed E-state index contributed by atoms with van der Waals surface area (Å²) in [5.74, 6) is -0.000252. The van der Waals surface area contributed by atoms with Gasteiger partial charge in [-0.2, -0.15) is 0 Å². The second kappa shape index (κ2) is 6.81. The topological polar surface area (TPSA) is 21.3 Å². The Morgan fingerprint density at radius 3 is 2.65 bits per heavy atom. The molecule has 2 aromatic rings. The van der Waals surface area contributed by atoms with Crippen LogP contribution in [0.5, 0.6) is 5.75 Å². The van der Waals surface area contributed by atoms with Crippen molar-refractivity contribution in [2.75, 3.05) is 7.05 Å². The van der Waals surface area contributed by atoms with Crippen molar-refractivity contribution in [3.05, 3.63) is 63.6 Å². The van der Waals surface area contributed by atoms with Crippen LogP contribution in [0.4, 0.5) is 8.78 Å². The standard InChI is InChI=1S/C15H14BrF2NO/c1-19-8-11-7-12(17)3-5-15(11)20-9-10-2-4-14(18)13(16)6-10/h2-7,19H,8-9H2,1H3. The van der Waals surface area contributed by atoms with Gasteiger partial charge in [0.15, 0.2) is 0 Å². The minimum atomic E-state index is -0.314. The lowest BCUT2D eigenvalue weighted by atomic mass is 10.2. The Morgan fingerprint density at radius 1 is 1.15 bits per heavy atom. The molecule has 0 saturated carbocycles. The highest BCUT2D eigenvalue weighted by Gasteiger charge is 2.06. The average Bonchev–Trinajstić information content (AvgIpc) is 2.42. The number of halogens is 3. The first-order valence-corrected chi connectivity index (χ1v) is 6.89. The van der Waals surface area contributed by atoms with E-state index in [1.165, 1.54) is 18.2 Å². The van der Waals surface area contributed by atoms with Crippen molar-refractivity contribution in [2.45, 2.75) is 13.2 Å². The van der Waals surface area contributed by atoms with Crippen LogP contribution < -0.4 is 10.1 Å². The quantitative estimate of drug-likeness (QED) is 0.886. The highest BCUT2D eigenvalue weighted by atomic mass is 79.9. The molecule has 106 valence electrons. The second-order valence-corrected chi connectivity index (χ2v) is 5.17. The van der Waals surface area contributed by atoms with Crippen molar-refractivity contribution in [3.63, 3.8) is 0 Å². The molecule has 0 spiro atoms. The Bertz CT molecular complexity index is 604. The molecule has 0 aliphatic rings. The molecule has 0 heterocycles. The van der Waals surface area contributed by atoms with Crippen LogP contribution in [-0.2, 0) is 13.2 Å². The molecule has 0 bridgehead atoms. The number of hydrogen-bond donors (Lipinski definition) is 1. The maximum Gasteiger partial charge on any atom is 0.137 e. The minimum Gasteiger partial charge on any atom is -0.489 e. The summed E-state index contributed by atoms with van der Waals surface area (Å²) in [5.41, 5.74) is 1.58. The molecule has 0 aromatic heterocycles. The summed E-state index contributed by atoms with van der Waals surface area (Å²) < 4.78 is 32.4. The Balaban J connectivity index is 2.11. The Morgan fingerprint density at radius 2 is 1.95 bits per heavy atom. The molecular formula is C15H14BrF2NO. The average molecular weight is 342 g/mol. The van der Waals surface area contributed by atoms with Crippen molar-refractivity contribution < 1.29 is 13.5 Å². The number of hydrogen-bond acceptors (Lipinski definition) is 2. The van der Waals surface area contributed by atoms with Gasteiger partial charge in [-0.15, -0.1) is 0 Å². The lowest BCUT2D eigenvalue weighted by molar-refractivity contribution is 0.301. The summed E-state index contributed by atoms with van der Waals surface area (Å²) in [6.07, 6.45) is 0. The van der Waals surface area contributed by atoms with E-state index in [1.807, 2.05) is 0 Å². The van der Waals surface area contributed by atoms with Gasteiger partial charge in [0.2, 0.25) is 0 Å². The van der Waals surface area contributed by atoms with Gasteiger partial charge in [-0.25, -0.2) is 8.78 Å². The molecule has 0 unspecified atom stereocenters. The van der Waals surface area contributed by atoms with Crippen LogP contribution in [0.3, 0.4) is 0 Å². The van der Waals surface area contributed by atoms with E-state index in [1.54, 1.807) is 25.2 Å². The van der Waals surface area contributed by atoms with E-state index >= 15 is 0 Å². The molecule has 2 nitrogen and oxygen atoms in total. The zero-order chi connectivity index (χ0) is 14.5. The van der Waals surface area contributed by atoms with Gasteiger partial charge in [0.25, 0.3) is 0 Å². The maximum absolute atomic E-state index is 13.2. The normalized spacial score (nSPS) is 10.6. The predicted octanol–water partition coefficient (Wildman–Crippen LogP) is 4.03. The van der Waals surface area contributed by atoms with Crippen molar-refractivity contribution in [2.24, 2.45) is 0 Å². The molecule has 0 amide bonds. The first kappa shape index (κ1) is 14.9. The van der Waals surface area contributed by atoms with Gasteiger partial charge in [0.05, 0.1) is 4.47 Å². The van der Waals surface area contributed by atoms with Crippen LogP contribution in [0, 0.1) is 11.6 Å². The molecule has 0 fully saturated rings. The third-order valence-corrected chi connectivity index (χ3v) is 3.38. The summed E-state index contributed by atoms with van der Waals surface area (Å²) in [5, 5.41) is 2.96. The molecule has 2 rings (SSSR count). The highest BCUT2D eigenvalue weighted by molar-refractivity contribution is 9.10. The lowest BCUT2D eigenvalue weighted by Gasteiger charge is -2.12. The van der Waals surface area contributed by atoms with Crippen LogP contribution in [0.1, 0.15) is 11.1 Å². The molecule has 0 aliphatic heterocycles. The molecule has 20 heavy (non-hydrogen) atoms. The zero-order valence-electron chi connectivity index (χ0n) is 10.9. The Hall–Kier alpha value is -1.46. The SMILES string of the molecule is CNCc1cc(F)ccc1OCc1ccc(F)c(Br)c1. The van der Waals surface area contributed by atoms with Crippen LogP contribution in [0.15, 0.2) is 40.9 Å². The van der Waals surface area contributed by atoms with E-state index < -0.39 is 0 Å². The fourth-order valence-corrected chi connectivity index (χ4v) is 2.23. The van der Waals surface area contributed by atoms with Crippen molar-refractivity contribution in [1.29, 1.82) is 0 Å². The summed E-state index contributed by atoms with van der Waals surface area (Å²) >= 11 is 3.13. The van der Waals surface area contributed by atoms with E-state index in [-0.39, 0.29) is 11.6 Å². The van der Waals surface area contributed by atoms with Gasteiger partial charge in [-0.1, -0.05) is 6.07 Å². The largest absolute Gasteiger partial charge is 0.489 e. The fraction of sp³-hybridized carbons (Fsp3) is 0.200. The van der Waals surface area contributed by atoms with E-state index in [9.17, 15) is 8.78 Å². The summed E-state index contributed by atoms with van der Waals surface area (Å²) in [6.45, 7) is 0.807. The molecule has 1 N–H and O–H groups in total. The molecule has 0 aliphatic carbocycles. The zero-order valence-corrected chi connectivity index (χ0v) is 12.5. The van der Waals surface area contributed by atoms with Crippen LogP contribution in [0.2, 0.25) is 0 Å². The number of benzene rings is 2. The molecule has 0 saturated heterocycles. The van der Waals surface area contributed by atoms with Gasteiger partial charge in [-0.05, 0) is 58.9 Å². The minimum absolute atomic E-state index is 0.293. The highest BCUT2D eigenvalue weighted by Crippen LogP contribution is 2.22. The molecule has 2 aromatic carbocycles. The molecular weight excluding hydrogens is 328 g/mol. The number of rotatable bonds is 5. The van der Waals surface area contributed by atoms with Crippen LogP contribution in [-0.4, -0.2) is 7.05 Å². The maximum atomic E-state index is 13.2. The Kier molecular flexibility index (Phi) is 5.09. The molecule has 0 atom stereocenters. The smallest absolute Gasteiger partial charge is 0.137 e. The predicted molar refractivity (Wildman–Crippen MR) is 77.6 cm³/mol. The molecule has 5 heteroatoms. The lowest BCUT2D eigenvalue weighted by Crippen LogP contribution is -2.08. The van der Waals surface area contributed by atoms with Crippen molar-refractivity contribution in [3.8, 4) is 5.75 Å². The second-order valence-electron chi connectivity index (χ2n) is 4.32. The monoisotopic (exact) mass is 341 g/mol. The number of ether oxygens (including phenoxy) is 1. The third-order valence-electron chi connectivity index (χ3n) is 2.77. The van der Waals surface area contributed by atoms with Crippen LogP contribution >= 0.6 is 15.9 Å². The van der Waals surface area contributed by atoms with Gasteiger partial charge >= 0.3 is 0 Å². The van der Waals surface area contributed by atoms with Gasteiger partial charge < -0.3 is 10.1 Å². The van der Waals surface area contributed by atoms with E-state index in [0.717, 1.165) is 11.1 Å². The van der Waals surface area contributed by atoms with Gasteiger partial charge in [0, 0.05) is 12.1 Å². The number of nitrogens with one attached hydrogen (secondary N) is 1. The summed E-state index contributed by atoms with van der Waals surface area (Å²) in [7, 11) is 1.78. The summed E-state index contributed by atoms with van der Waals surface area (Å²) in [6, 6.07) is 9.09. The molecule has 0 radical (unpaired) electrons. The third kappa shape index (κ3) is 3.77. The van der Waals surface area contributed by atoms with E-state index in [2.05, 4.69) is 21.2 Å². The first-order valence-electron chi connectivity index (χ1n) is 6.10. The van der Waals surface area contributed by atoms with Crippen molar-refractivity contribution >= 4 is 15.9 Å². The fourth-order valence-electron chi connectivity index (χ4n) is 1.81. The van der Waals surface area contributed by atoms with Gasteiger partial charge in [0.1, 0.15) is 24.0 Å². The van der Waals surface area contributed by atoms with Crippen molar-refractivity contribution in [1.82, 2.24) is 5.32 Å². The first-order chi connectivity index (χ1) is 9.60. The Labute approximate surface area is 124 Å². The van der Waals surface area contributed by atoms with E-state index in [0.29, 0.717) is 23.4 Å².